The van der Waals surface area contributed by atoms with Gasteiger partial charge in [0, 0.05) is 23.2 Å². The second-order valence-electron chi connectivity index (χ2n) is 6.33. The van der Waals surface area contributed by atoms with E-state index in [9.17, 15) is 0 Å². The Morgan fingerprint density at radius 2 is 1.90 bits per heavy atom. The van der Waals surface area contributed by atoms with E-state index in [1.165, 1.54) is 43.5 Å². The van der Waals surface area contributed by atoms with Gasteiger partial charge in [0.1, 0.15) is 0 Å². The van der Waals surface area contributed by atoms with Crippen molar-refractivity contribution in [1.82, 2.24) is 20.2 Å². The number of anilines is 1. The third-order valence-corrected chi connectivity index (χ3v) is 4.48. The van der Waals surface area contributed by atoms with Crippen molar-refractivity contribution in [3.05, 3.63) is 34.9 Å². The van der Waals surface area contributed by atoms with Gasteiger partial charge in [0.2, 0.25) is 5.95 Å². The fourth-order valence-corrected chi connectivity index (χ4v) is 2.82. The van der Waals surface area contributed by atoms with Crippen molar-refractivity contribution in [3.8, 4) is 0 Å². The minimum Gasteiger partial charge on any atom is -0.349 e. The number of nitrogens with one attached hydrogen (secondary N) is 2. The summed E-state index contributed by atoms with van der Waals surface area (Å²) in [5.74, 6) is 2.07. The first kappa shape index (κ1) is 12.8. The van der Waals surface area contributed by atoms with Gasteiger partial charge in [0.25, 0.3) is 0 Å². The average Bonchev–Trinajstić information content (AvgIpc) is 3.13. The molecule has 5 nitrogen and oxygen atoms in total. The molecular weight excluding hydrogens is 262 g/mol. The van der Waals surface area contributed by atoms with Crippen LogP contribution in [-0.4, -0.2) is 20.2 Å². The van der Waals surface area contributed by atoms with Gasteiger partial charge in [-0.05, 0) is 44.7 Å². The number of rotatable bonds is 5. The topological polar surface area (TPSA) is 66.5 Å². The molecule has 0 unspecified atom stereocenters. The molecule has 0 bridgehead atoms. The van der Waals surface area contributed by atoms with Crippen molar-refractivity contribution in [3.63, 3.8) is 0 Å². The first-order valence-electron chi connectivity index (χ1n) is 7.91. The van der Waals surface area contributed by atoms with E-state index in [0.717, 1.165) is 17.3 Å². The van der Waals surface area contributed by atoms with Gasteiger partial charge >= 0.3 is 0 Å². The van der Waals surface area contributed by atoms with Crippen LogP contribution in [0.4, 0.5) is 5.95 Å². The number of aromatic nitrogens is 4. The third-order valence-electron chi connectivity index (χ3n) is 4.48. The second-order valence-corrected chi connectivity index (χ2v) is 6.33. The molecule has 2 aliphatic rings. The molecule has 5 heteroatoms. The molecule has 21 heavy (non-hydrogen) atoms. The summed E-state index contributed by atoms with van der Waals surface area (Å²) in [6.45, 7) is 2.74. The van der Waals surface area contributed by atoms with Gasteiger partial charge in [-0.25, -0.2) is 9.97 Å². The van der Waals surface area contributed by atoms with Gasteiger partial charge in [-0.15, -0.1) is 0 Å². The molecule has 0 aliphatic heterocycles. The summed E-state index contributed by atoms with van der Waals surface area (Å²) in [5.41, 5.74) is 4.54. The van der Waals surface area contributed by atoms with Crippen molar-refractivity contribution >= 4 is 5.95 Å². The number of hydrogen-bond acceptors (Lipinski definition) is 4. The summed E-state index contributed by atoms with van der Waals surface area (Å²) in [6.07, 6.45) is 6.42. The van der Waals surface area contributed by atoms with Crippen LogP contribution in [0, 0.1) is 6.92 Å². The molecule has 0 saturated heterocycles. The highest BCUT2D eigenvalue weighted by Crippen LogP contribution is 2.39. The molecule has 0 atom stereocenters. The van der Waals surface area contributed by atoms with Crippen LogP contribution in [0.15, 0.2) is 12.1 Å². The van der Waals surface area contributed by atoms with Gasteiger partial charge in [0.05, 0.1) is 17.9 Å². The predicted molar refractivity (Wildman–Crippen MR) is 81.3 cm³/mol. The van der Waals surface area contributed by atoms with E-state index in [4.69, 9.17) is 0 Å². The molecule has 0 radical (unpaired) electrons. The average molecular weight is 283 g/mol. The zero-order valence-corrected chi connectivity index (χ0v) is 12.4. The molecule has 2 N–H and O–H groups in total. The van der Waals surface area contributed by atoms with E-state index in [-0.39, 0.29) is 0 Å². The number of H-pyrrole nitrogens is 1. The SMILES string of the molecule is Cc1cc(C2CCC2)nc(NCc2cc(C3CC3)n[nH]2)n1. The molecule has 2 aromatic heterocycles. The molecule has 110 valence electrons. The van der Waals surface area contributed by atoms with E-state index in [1.54, 1.807) is 0 Å². The standard InChI is InChI=1S/C16H21N5/c1-10-7-14(11-3-2-4-11)19-16(18-10)17-9-13-8-15(21-20-13)12-5-6-12/h7-8,11-12H,2-6,9H2,1H3,(H,20,21)(H,17,18,19). The van der Waals surface area contributed by atoms with Crippen LogP contribution in [0.25, 0.3) is 0 Å². The van der Waals surface area contributed by atoms with Crippen LogP contribution in [0.5, 0.6) is 0 Å². The molecule has 2 saturated carbocycles. The Kier molecular flexibility index (Phi) is 3.13. The summed E-state index contributed by atoms with van der Waals surface area (Å²) >= 11 is 0. The number of aromatic amines is 1. The van der Waals surface area contributed by atoms with E-state index in [2.05, 4.69) is 37.6 Å². The summed E-state index contributed by atoms with van der Waals surface area (Å²) in [6, 6.07) is 4.28. The molecule has 0 aromatic carbocycles. The summed E-state index contributed by atoms with van der Waals surface area (Å²) in [7, 11) is 0. The lowest BCUT2D eigenvalue weighted by molar-refractivity contribution is 0.410. The zero-order chi connectivity index (χ0) is 14.2. The number of hydrogen-bond donors (Lipinski definition) is 2. The van der Waals surface area contributed by atoms with Crippen LogP contribution < -0.4 is 5.32 Å². The van der Waals surface area contributed by atoms with Crippen LogP contribution >= 0.6 is 0 Å². The molecule has 2 aromatic rings. The molecular formula is C16H21N5. The normalized spacial score (nSPS) is 18.5. The Bertz CT molecular complexity index is 640. The van der Waals surface area contributed by atoms with Gasteiger partial charge in [-0.1, -0.05) is 6.42 Å². The van der Waals surface area contributed by atoms with E-state index in [0.29, 0.717) is 18.4 Å². The smallest absolute Gasteiger partial charge is 0.223 e. The van der Waals surface area contributed by atoms with Gasteiger partial charge in [-0.3, -0.25) is 5.10 Å². The van der Waals surface area contributed by atoms with Gasteiger partial charge < -0.3 is 5.32 Å². The Morgan fingerprint density at radius 1 is 1.10 bits per heavy atom. The highest BCUT2D eigenvalue weighted by molar-refractivity contribution is 5.31. The fraction of sp³-hybridized carbons (Fsp3) is 0.562. The van der Waals surface area contributed by atoms with E-state index in [1.807, 2.05) is 6.92 Å². The maximum absolute atomic E-state index is 4.67. The number of aryl methyl sites for hydroxylation is 1. The molecule has 2 heterocycles. The van der Waals surface area contributed by atoms with Crippen LogP contribution in [-0.2, 0) is 6.54 Å². The lowest BCUT2D eigenvalue weighted by Gasteiger charge is -2.25. The highest BCUT2D eigenvalue weighted by Gasteiger charge is 2.26. The monoisotopic (exact) mass is 283 g/mol. The van der Waals surface area contributed by atoms with Crippen LogP contribution in [0.1, 0.15) is 66.7 Å². The first-order valence-corrected chi connectivity index (χ1v) is 7.91. The van der Waals surface area contributed by atoms with Crippen molar-refractivity contribution in [2.75, 3.05) is 5.32 Å². The molecule has 0 spiro atoms. The van der Waals surface area contributed by atoms with Gasteiger partial charge in [-0.2, -0.15) is 5.10 Å². The Morgan fingerprint density at radius 3 is 2.62 bits per heavy atom. The molecule has 2 fully saturated rings. The molecule has 0 amide bonds. The van der Waals surface area contributed by atoms with Crippen LogP contribution in [0.3, 0.4) is 0 Å². The van der Waals surface area contributed by atoms with Crippen LogP contribution in [0.2, 0.25) is 0 Å². The Balaban J connectivity index is 1.44. The summed E-state index contributed by atoms with van der Waals surface area (Å²) < 4.78 is 0. The molecule has 2 aliphatic carbocycles. The summed E-state index contributed by atoms with van der Waals surface area (Å²) in [5, 5.41) is 10.8. The first-order chi connectivity index (χ1) is 10.3. The Labute approximate surface area is 124 Å². The van der Waals surface area contributed by atoms with E-state index >= 15 is 0 Å². The van der Waals surface area contributed by atoms with E-state index < -0.39 is 0 Å². The summed E-state index contributed by atoms with van der Waals surface area (Å²) in [4.78, 5) is 9.16. The third kappa shape index (κ3) is 2.77. The lowest BCUT2D eigenvalue weighted by atomic mass is 9.83. The fourth-order valence-electron chi connectivity index (χ4n) is 2.82. The zero-order valence-electron chi connectivity index (χ0n) is 12.4. The second kappa shape index (κ2) is 5.13. The molecule has 4 rings (SSSR count). The largest absolute Gasteiger partial charge is 0.349 e. The Hall–Kier alpha value is -1.91. The van der Waals surface area contributed by atoms with Crippen molar-refractivity contribution < 1.29 is 0 Å². The number of nitrogens with zero attached hydrogens (tertiary/aromatic N) is 3. The predicted octanol–water partition coefficient (Wildman–Crippen LogP) is 3.27. The minimum absolute atomic E-state index is 0.640. The highest BCUT2D eigenvalue weighted by atomic mass is 15.2. The van der Waals surface area contributed by atoms with Crippen molar-refractivity contribution in [2.45, 2.75) is 57.4 Å². The van der Waals surface area contributed by atoms with Gasteiger partial charge in [0.15, 0.2) is 0 Å². The maximum Gasteiger partial charge on any atom is 0.223 e. The van der Waals surface area contributed by atoms with Crippen molar-refractivity contribution in [2.24, 2.45) is 0 Å². The lowest BCUT2D eigenvalue weighted by Crippen LogP contribution is -2.13. The maximum atomic E-state index is 4.67. The van der Waals surface area contributed by atoms with Crippen molar-refractivity contribution in [1.29, 1.82) is 0 Å². The quantitative estimate of drug-likeness (QED) is 0.884. The minimum atomic E-state index is 0.640.